The molecule has 0 aromatic heterocycles. The lowest BCUT2D eigenvalue weighted by molar-refractivity contribution is -0.121. The van der Waals surface area contributed by atoms with Crippen LogP contribution in [0.4, 0.5) is 11.4 Å². The first-order valence-corrected chi connectivity index (χ1v) is 5.96. The van der Waals surface area contributed by atoms with Crippen LogP contribution in [-0.4, -0.2) is 18.0 Å². The van der Waals surface area contributed by atoms with Gasteiger partial charge in [0.2, 0.25) is 5.91 Å². The number of nitrogens with zero attached hydrogens (tertiary/aromatic N) is 1. The lowest BCUT2D eigenvalue weighted by Crippen LogP contribution is -2.38. The molecule has 1 atom stereocenters. The standard InChI is InChI=1S/C13H16N4O/c1-8(13(18)17-10-3-4-10)16-12-5-2-9(7-14)6-11(12)15/h2,5-6,8,10,16H,3-4,15H2,1H3,(H,17,18). The van der Waals surface area contributed by atoms with Crippen LogP contribution in [0, 0.1) is 11.3 Å². The molecule has 0 spiro atoms. The number of carbonyl (C=O) groups excluding carboxylic acids is 1. The van der Waals surface area contributed by atoms with Crippen LogP contribution in [0.3, 0.4) is 0 Å². The number of amides is 1. The molecule has 1 unspecified atom stereocenters. The third kappa shape index (κ3) is 2.92. The molecular weight excluding hydrogens is 228 g/mol. The van der Waals surface area contributed by atoms with Gasteiger partial charge in [0.25, 0.3) is 0 Å². The predicted molar refractivity (Wildman–Crippen MR) is 69.8 cm³/mol. The second-order valence-corrected chi connectivity index (χ2v) is 4.56. The van der Waals surface area contributed by atoms with Crippen molar-refractivity contribution in [1.82, 2.24) is 5.32 Å². The van der Waals surface area contributed by atoms with Gasteiger partial charge in [-0.15, -0.1) is 0 Å². The smallest absolute Gasteiger partial charge is 0.242 e. The van der Waals surface area contributed by atoms with Gasteiger partial charge < -0.3 is 16.4 Å². The molecule has 5 nitrogen and oxygen atoms in total. The lowest BCUT2D eigenvalue weighted by atomic mass is 10.1. The number of nitriles is 1. The van der Waals surface area contributed by atoms with Crippen molar-refractivity contribution in [3.63, 3.8) is 0 Å². The van der Waals surface area contributed by atoms with Crippen molar-refractivity contribution in [3.05, 3.63) is 23.8 Å². The van der Waals surface area contributed by atoms with Crippen molar-refractivity contribution in [3.8, 4) is 6.07 Å². The van der Waals surface area contributed by atoms with Gasteiger partial charge in [-0.25, -0.2) is 0 Å². The van der Waals surface area contributed by atoms with Crippen molar-refractivity contribution in [2.75, 3.05) is 11.1 Å². The van der Waals surface area contributed by atoms with Crippen LogP contribution in [0.1, 0.15) is 25.3 Å². The molecule has 0 saturated heterocycles. The average molecular weight is 244 g/mol. The fraction of sp³-hybridized carbons (Fsp3) is 0.385. The maximum Gasteiger partial charge on any atom is 0.242 e. The summed E-state index contributed by atoms with van der Waals surface area (Å²) >= 11 is 0. The fourth-order valence-electron chi connectivity index (χ4n) is 1.62. The van der Waals surface area contributed by atoms with Crippen molar-refractivity contribution < 1.29 is 4.79 Å². The van der Waals surface area contributed by atoms with E-state index in [-0.39, 0.29) is 11.9 Å². The Kier molecular flexibility index (Phi) is 3.38. The molecule has 94 valence electrons. The van der Waals surface area contributed by atoms with Crippen LogP contribution >= 0.6 is 0 Å². The highest BCUT2D eigenvalue weighted by Gasteiger charge is 2.25. The summed E-state index contributed by atoms with van der Waals surface area (Å²) in [5, 5.41) is 14.7. The second kappa shape index (κ2) is 4.96. The third-order valence-corrected chi connectivity index (χ3v) is 2.87. The van der Waals surface area contributed by atoms with Gasteiger partial charge in [-0.3, -0.25) is 4.79 Å². The minimum atomic E-state index is -0.346. The first kappa shape index (κ1) is 12.2. The highest BCUT2D eigenvalue weighted by Crippen LogP contribution is 2.21. The number of anilines is 2. The van der Waals surface area contributed by atoms with Crippen molar-refractivity contribution in [1.29, 1.82) is 5.26 Å². The van der Waals surface area contributed by atoms with Crippen LogP contribution in [-0.2, 0) is 4.79 Å². The first-order valence-electron chi connectivity index (χ1n) is 5.96. The van der Waals surface area contributed by atoms with E-state index in [1.807, 2.05) is 6.07 Å². The molecule has 1 aromatic rings. The van der Waals surface area contributed by atoms with Crippen molar-refractivity contribution >= 4 is 17.3 Å². The summed E-state index contributed by atoms with van der Waals surface area (Å²) < 4.78 is 0. The molecular formula is C13H16N4O. The molecule has 18 heavy (non-hydrogen) atoms. The molecule has 0 aliphatic heterocycles. The summed E-state index contributed by atoms with van der Waals surface area (Å²) in [6.07, 6.45) is 2.13. The number of benzene rings is 1. The zero-order valence-electron chi connectivity index (χ0n) is 10.2. The Labute approximate surface area is 106 Å². The van der Waals surface area contributed by atoms with Gasteiger partial charge in [0.05, 0.1) is 23.0 Å². The molecule has 4 N–H and O–H groups in total. The van der Waals surface area contributed by atoms with Crippen LogP contribution in [0.2, 0.25) is 0 Å². The maximum absolute atomic E-state index is 11.8. The lowest BCUT2D eigenvalue weighted by Gasteiger charge is -2.16. The van der Waals surface area contributed by atoms with E-state index >= 15 is 0 Å². The van der Waals surface area contributed by atoms with Crippen molar-refractivity contribution in [2.24, 2.45) is 0 Å². The van der Waals surface area contributed by atoms with Crippen LogP contribution in [0.15, 0.2) is 18.2 Å². The minimum absolute atomic E-state index is 0.0266. The molecule has 1 aliphatic rings. The quantitative estimate of drug-likeness (QED) is 0.694. The van der Waals surface area contributed by atoms with Crippen LogP contribution < -0.4 is 16.4 Å². The van der Waals surface area contributed by atoms with Crippen LogP contribution in [0.5, 0.6) is 0 Å². The number of hydrogen-bond donors (Lipinski definition) is 3. The fourth-order valence-corrected chi connectivity index (χ4v) is 1.62. The number of nitrogens with one attached hydrogen (secondary N) is 2. The monoisotopic (exact) mass is 244 g/mol. The van der Waals surface area contributed by atoms with Gasteiger partial charge in [0.1, 0.15) is 6.04 Å². The third-order valence-electron chi connectivity index (χ3n) is 2.87. The van der Waals surface area contributed by atoms with Gasteiger partial charge in [-0.2, -0.15) is 5.26 Å². The van der Waals surface area contributed by atoms with E-state index in [0.717, 1.165) is 12.8 Å². The molecule has 1 aromatic carbocycles. The van der Waals surface area contributed by atoms with Gasteiger partial charge in [-0.1, -0.05) is 0 Å². The van der Waals surface area contributed by atoms with Crippen molar-refractivity contribution in [2.45, 2.75) is 31.8 Å². The number of nitrogens with two attached hydrogens (primary N) is 1. The van der Waals surface area contributed by atoms with E-state index in [4.69, 9.17) is 11.0 Å². The molecule has 5 heteroatoms. The van der Waals surface area contributed by atoms with E-state index in [9.17, 15) is 4.79 Å². The summed E-state index contributed by atoms with van der Waals surface area (Å²) in [7, 11) is 0. The van der Waals surface area contributed by atoms with Gasteiger partial charge >= 0.3 is 0 Å². The van der Waals surface area contributed by atoms with Gasteiger partial charge in [0.15, 0.2) is 0 Å². The Morgan fingerprint density at radius 2 is 2.28 bits per heavy atom. The Morgan fingerprint density at radius 1 is 1.56 bits per heavy atom. The van der Waals surface area contributed by atoms with Gasteiger partial charge in [-0.05, 0) is 38.0 Å². The first-order chi connectivity index (χ1) is 8.60. The number of rotatable bonds is 4. The largest absolute Gasteiger partial charge is 0.397 e. The normalized spacial score (nSPS) is 15.6. The molecule has 0 radical (unpaired) electrons. The summed E-state index contributed by atoms with van der Waals surface area (Å²) in [5.41, 5.74) is 7.47. The average Bonchev–Trinajstić information content (AvgIpc) is 3.15. The molecule has 0 heterocycles. The number of nitrogen functional groups attached to an aromatic ring is 1. The van der Waals surface area contributed by atoms with E-state index in [1.54, 1.807) is 25.1 Å². The zero-order chi connectivity index (χ0) is 13.1. The topological polar surface area (TPSA) is 90.9 Å². The molecule has 1 saturated carbocycles. The summed E-state index contributed by atoms with van der Waals surface area (Å²) in [6.45, 7) is 1.79. The predicted octanol–water partition coefficient (Wildman–Crippen LogP) is 1.22. The van der Waals surface area contributed by atoms with E-state index in [2.05, 4.69) is 10.6 Å². The Balaban J connectivity index is 1.99. The molecule has 1 aliphatic carbocycles. The molecule has 0 bridgehead atoms. The summed E-state index contributed by atoms with van der Waals surface area (Å²) in [5.74, 6) is -0.0266. The maximum atomic E-state index is 11.8. The minimum Gasteiger partial charge on any atom is -0.397 e. The van der Waals surface area contributed by atoms with E-state index in [0.29, 0.717) is 23.0 Å². The van der Waals surface area contributed by atoms with E-state index in [1.165, 1.54) is 0 Å². The Hall–Kier alpha value is -2.22. The highest BCUT2D eigenvalue weighted by molar-refractivity contribution is 5.86. The van der Waals surface area contributed by atoms with E-state index < -0.39 is 0 Å². The summed E-state index contributed by atoms with van der Waals surface area (Å²) in [6, 6.07) is 7.00. The molecule has 2 rings (SSSR count). The highest BCUT2D eigenvalue weighted by atomic mass is 16.2. The molecule has 1 amide bonds. The number of carbonyl (C=O) groups is 1. The zero-order valence-corrected chi connectivity index (χ0v) is 10.2. The Morgan fingerprint density at radius 3 is 2.83 bits per heavy atom. The Bertz CT molecular complexity index is 502. The van der Waals surface area contributed by atoms with Crippen LogP contribution in [0.25, 0.3) is 0 Å². The second-order valence-electron chi connectivity index (χ2n) is 4.56. The molecule has 1 fully saturated rings. The summed E-state index contributed by atoms with van der Waals surface area (Å²) in [4.78, 5) is 11.8. The van der Waals surface area contributed by atoms with Gasteiger partial charge in [0, 0.05) is 6.04 Å². The SMILES string of the molecule is CC(Nc1ccc(C#N)cc1N)C(=O)NC1CC1. The number of hydrogen-bond acceptors (Lipinski definition) is 4.